The second kappa shape index (κ2) is 5.79. The van der Waals surface area contributed by atoms with E-state index in [2.05, 4.69) is 38.3 Å². The van der Waals surface area contributed by atoms with Crippen LogP contribution in [0.4, 0.5) is 4.79 Å². The summed E-state index contributed by atoms with van der Waals surface area (Å²) in [6, 6.07) is 0.104. The molecule has 3 nitrogen and oxygen atoms in total. The molecule has 8 saturated carbocycles. The number of amides is 2. The van der Waals surface area contributed by atoms with Gasteiger partial charge < -0.3 is 10.6 Å². The first-order chi connectivity index (χ1) is 13.9. The van der Waals surface area contributed by atoms with Crippen LogP contribution < -0.4 is 10.6 Å². The fraction of sp³-hybridized carbons (Fsp3) is 0.963. The lowest BCUT2D eigenvalue weighted by Crippen LogP contribution is -2.60. The predicted octanol–water partition coefficient (Wildman–Crippen LogP) is 6.28. The molecule has 8 aliphatic rings. The molecule has 0 aromatic heterocycles. The number of rotatable bonds is 4. The van der Waals surface area contributed by atoms with Crippen molar-refractivity contribution in [3.8, 4) is 0 Å². The van der Waals surface area contributed by atoms with Gasteiger partial charge in [0.1, 0.15) is 0 Å². The maximum atomic E-state index is 12.9. The molecule has 0 aromatic rings. The Kier molecular flexibility index (Phi) is 3.84. The molecule has 0 aliphatic heterocycles. The van der Waals surface area contributed by atoms with E-state index in [0.29, 0.717) is 32.5 Å². The molecule has 168 valence electrons. The summed E-state index contributed by atoms with van der Waals surface area (Å²) in [5.74, 6) is 1.80. The summed E-state index contributed by atoms with van der Waals surface area (Å²) >= 11 is 0. The molecule has 8 fully saturated rings. The van der Waals surface area contributed by atoms with Crippen LogP contribution >= 0.6 is 0 Å². The second-order valence-corrected chi connectivity index (χ2v) is 15.3. The minimum atomic E-state index is 0.104. The Morgan fingerprint density at radius 2 is 0.933 bits per heavy atom. The van der Waals surface area contributed by atoms with Gasteiger partial charge in [0, 0.05) is 13.1 Å². The summed E-state index contributed by atoms with van der Waals surface area (Å²) in [5.41, 5.74) is 2.82. The molecular formula is C27H44N2O. The van der Waals surface area contributed by atoms with E-state index < -0.39 is 0 Å². The summed E-state index contributed by atoms with van der Waals surface area (Å²) in [6.07, 6.45) is 16.5. The highest BCUT2D eigenvalue weighted by molar-refractivity contribution is 5.74. The Hall–Kier alpha value is -0.730. The van der Waals surface area contributed by atoms with Crippen molar-refractivity contribution in [3.63, 3.8) is 0 Å². The number of urea groups is 1. The number of carbonyl (C=O) groups excluding carboxylic acids is 1. The first-order valence-corrected chi connectivity index (χ1v) is 12.9. The third kappa shape index (κ3) is 3.15. The van der Waals surface area contributed by atoms with Gasteiger partial charge in [0.2, 0.25) is 0 Å². The number of hydrogen-bond acceptors (Lipinski definition) is 1. The number of hydrogen-bond donors (Lipinski definition) is 2. The SMILES string of the molecule is CC12CC3CC(C)(C1)CC(CNC(=O)NCC14CC5CC(C)(CC(C)(C5)C1)C4)(C3)C2. The van der Waals surface area contributed by atoms with Crippen molar-refractivity contribution < 1.29 is 4.79 Å². The van der Waals surface area contributed by atoms with Gasteiger partial charge >= 0.3 is 6.03 Å². The van der Waals surface area contributed by atoms with E-state index in [1.807, 2.05) is 0 Å². The molecule has 0 spiro atoms. The highest BCUT2D eigenvalue weighted by Gasteiger charge is 2.61. The highest BCUT2D eigenvalue weighted by atomic mass is 16.2. The van der Waals surface area contributed by atoms with E-state index in [1.54, 1.807) is 0 Å². The normalized spacial score (nSPS) is 57.6. The van der Waals surface area contributed by atoms with Gasteiger partial charge in [0.15, 0.2) is 0 Å². The Balaban J connectivity index is 1.08. The molecule has 8 aliphatic carbocycles. The molecule has 3 heteroatoms. The van der Waals surface area contributed by atoms with Crippen molar-refractivity contribution in [2.45, 2.75) is 105 Å². The Bertz CT molecular complexity index is 675. The molecule has 4 unspecified atom stereocenters. The van der Waals surface area contributed by atoms with Crippen molar-refractivity contribution in [2.24, 2.45) is 44.3 Å². The van der Waals surface area contributed by atoms with Crippen LogP contribution in [0.1, 0.15) is 105 Å². The first-order valence-electron chi connectivity index (χ1n) is 12.9. The standard InChI is InChI=1S/C27H44N2O/c1-22-5-19-6-23(2,11-22)14-26(9-19,13-22)17-28-21(30)29-18-27-10-20-7-24(3,15-27)12-25(4,8-20)16-27/h19-20H,5-18H2,1-4H3,(H2,28,29,30). The van der Waals surface area contributed by atoms with Crippen molar-refractivity contribution in [3.05, 3.63) is 0 Å². The third-order valence-corrected chi connectivity index (χ3v) is 10.7. The van der Waals surface area contributed by atoms with Crippen LogP contribution in [0.15, 0.2) is 0 Å². The van der Waals surface area contributed by atoms with E-state index >= 15 is 0 Å². The van der Waals surface area contributed by atoms with Crippen LogP contribution in [-0.2, 0) is 0 Å². The molecule has 4 atom stereocenters. The highest BCUT2D eigenvalue weighted by Crippen LogP contribution is 2.70. The molecular weight excluding hydrogens is 368 g/mol. The van der Waals surface area contributed by atoms with Crippen LogP contribution in [0.25, 0.3) is 0 Å². The molecule has 8 rings (SSSR count). The Labute approximate surface area is 183 Å². The number of nitrogens with one attached hydrogen (secondary N) is 2. The van der Waals surface area contributed by atoms with Crippen LogP contribution in [0.5, 0.6) is 0 Å². The zero-order valence-electron chi connectivity index (χ0n) is 20.0. The van der Waals surface area contributed by atoms with Gasteiger partial charge in [-0.15, -0.1) is 0 Å². The van der Waals surface area contributed by atoms with Gasteiger partial charge in [-0.25, -0.2) is 4.79 Å². The zero-order valence-corrected chi connectivity index (χ0v) is 20.0. The summed E-state index contributed by atoms with van der Waals surface area (Å²) in [6.45, 7) is 11.9. The molecule has 0 aromatic carbocycles. The van der Waals surface area contributed by atoms with Crippen molar-refractivity contribution >= 4 is 6.03 Å². The maximum absolute atomic E-state index is 12.9. The van der Waals surface area contributed by atoms with E-state index in [1.165, 1.54) is 77.0 Å². The maximum Gasteiger partial charge on any atom is 0.314 e. The number of carbonyl (C=O) groups is 1. The lowest BCUT2D eigenvalue weighted by atomic mass is 9.40. The molecule has 8 bridgehead atoms. The van der Waals surface area contributed by atoms with Crippen molar-refractivity contribution in [1.29, 1.82) is 0 Å². The van der Waals surface area contributed by atoms with Crippen LogP contribution in [-0.4, -0.2) is 19.1 Å². The van der Waals surface area contributed by atoms with Gasteiger partial charge in [-0.3, -0.25) is 0 Å². The summed E-state index contributed by atoms with van der Waals surface area (Å²) in [5, 5.41) is 6.75. The topological polar surface area (TPSA) is 41.1 Å². The van der Waals surface area contributed by atoms with Gasteiger partial charge in [-0.1, -0.05) is 27.7 Å². The molecule has 0 heterocycles. The predicted molar refractivity (Wildman–Crippen MR) is 121 cm³/mol. The van der Waals surface area contributed by atoms with Gasteiger partial charge in [-0.05, 0) is 121 Å². The molecule has 2 amide bonds. The average Bonchev–Trinajstić information content (AvgIpc) is 2.52. The minimum absolute atomic E-state index is 0.104. The molecule has 0 radical (unpaired) electrons. The van der Waals surface area contributed by atoms with Crippen LogP contribution in [0.3, 0.4) is 0 Å². The molecule has 30 heavy (non-hydrogen) atoms. The monoisotopic (exact) mass is 412 g/mol. The lowest BCUT2D eigenvalue weighted by molar-refractivity contribution is -0.143. The van der Waals surface area contributed by atoms with E-state index in [-0.39, 0.29) is 6.03 Å². The largest absolute Gasteiger partial charge is 0.338 e. The Morgan fingerprint density at radius 3 is 1.23 bits per heavy atom. The second-order valence-electron chi connectivity index (χ2n) is 15.3. The van der Waals surface area contributed by atoms with Crippen LogP contribution in [0, 0.1) is 44.3 Å². The lowest BCUT2D eigenvalue weighted by Gasteiger charge is -2.65. The smallest absolute Gasteiger partial charge is 0.314 e. The third-order valence-electron chi connectivity index (χ3n) is 10.7. The molecule has 2 N–H and O–H groups in total. The van der Waals surface area contributed by atoms with Gasteiger partial charge in [0.05, 0.1) is 0 Å². The first kappa shape index (κ1) is 19.9. The fourth-order valence-electron chi connectivity index (χ4n) is 12.4. The quantitative estimate of drug-likeness (QED) is 0.560. The average molecular weight is 413 g/mol. The van der Waals surface area contributed by atoms with Crippen LogP contribution in [0.2, 0.25) is 0 Å². The van der Waals surface area contributed by atoms with E-state index in [9.17, 15) is 4.79 Å². The molecule has 0 saturated heterocycles. The van der Waals surface area contributed by atoms with E-state index in [0.717, 1.165) is 24.9 Å². The summed E-state index contributed by atoms with van der Waals surface area (Å²) < 4.78 is 0. The Morgan fingerprint density at radius 1 is 0.600 bits per heavy atom. The van der Waals surface area contributed by atoms with Crippen molar-refractivity contribution in [1.82, 2.24) is 10.6 Å². The minimum Gasteiger partial charge on any atom is -0.338 e. The summed E-state index contributed by atoms with van der Waals surface area (Å²) in [7, 11) is 0. The summed E-state index contributed by atoms with van der Waals surface area (Å²) in [4.78, 5) is 12.9. The van der Waals surface area contributed by atoms with E-state index in [4.69, 9.17) is 0 Å². The fourth-order valence-corrected chi connectivity index (χ4v) is 12.4. The zero-order chi connectivity index (χ0) is 21.0. The van der Waals surface area contributed by atoms with Gasteiger partial charge in [0.25, 0.3) is 0 Å². The van der Waals surface area contributed by atoms with Crippen molar-refractivity contribution in [2.75, 3.05) is 13.1 Å². The van der Waals surface area contributed by atoms with Gasteiger partial charge in [-0.2, -0.15) is 0 Å².